The SMILES string of the molecule is Cc1ccc(F)c(S(=O)(=O)N(Cc2ccccc2)[C@H](CO)C2CC2)c1. The van der Waals surface area contributed by atoms with E-state index in [9.17, 15) is 17.9 Å². The van der Waals surface area contributed by atoms with Crippen LogP contribution in [0.15, 0.2) is 53.4 Å². The Morgan fingerprint density at radius 3 is 2.48 bits per heavy atom. The van der Waals surface area contributed by atoms with Gasteiger partial charge in [-0.05, 0) is 48.9 Å². The lowest BCUT2D eigenvalue weighted by Crippen LogP contribution is -2.43. The second kappa shape index (κ2) is 7.23. The Kier molecular flexibility index (Phi) is 5.22. The normalized spacial score (nSPS) is 16.2. The molecular formula is C19H22FNO3S. The molecule has 25 heavy (non-hydrogen) atoms. The standard InChI is InChI=1S/C19H22FNO3S/c1-14-7-10-17(20)19(11-14)25(23,24)21(18(13-22)16-8-9-16)12-15-5-3-2-4-6-15/h2-7,10-11,16,18,22H,8-9,12-13H2,1H3/t18-/m1/s1. The van der Waals surface area contributed by atoms with Gasteiger partial charge in [0.2, 0.25) is 10.0 Å². The van der Waals surface area contributed by atoms with Crippen molar-refractivity contribution in [3.63, 3.8) is 0 Å². The van der Waals surface area contributed by atoms with Crippen molar-refractivity contribution in [2.45, 2.75) is 37.2 Å². The maximum atomic E-state index is 14.3. The summed E-state index contributed by atoms with van der Waals surface area (Å²) in [7, 11) is -4.07. The van der Waals surface area contributed by atoms with E-state index in [1.807, 2.05) is 30.3 Å². The molecule has 0 radical (unpaired) electrons. The first-order chi connectivity index (χ1) is 11.9. The first kappa shape index (κ1) is 18.0. The minimum Gasteiger partial charge on any atom is -0.395 e. The van der Waals surface area contributed by atoms with Gasteiger partial charge in [0, 0.05) is 6.54 Å². The Morgan fingerprint density at radius 1 is 1.20 bits per heavy atom. The van der Waals surface area contributed by atoms with E-state index < -0.39 is 21.9 Å². The van der Waals surface area contributed by atoms with E-state index in [1.54, 1.807) is 13.0 Å². The molecular weight excluding hydrogens is 341 g/mol. The molecule has 0 saturated heterocycles. The second-order valence-electron chi connectivity index (χ2n) is 6.56. The molecule has 4 nitrogen and oxygen atoms in total. The fourth-order valence-electron chi connectivity index (χ4n) is 3.03. The van der Waals surface area contributed by atoms with Gasteiger partial charge >= 0.3 is 0 Å². The van der Waals surface area contributed by atoms with Crippen LogP contribution in [0.1, 0.15) is 24.0 Å². The zero-order chi connectivity index (χ0) is 18.0. The molecule has 1 aliphatic carbocycles. The van der Waals surface area contributed by atoms with Gasteiger partial charge < -0.3 is 5.11 Å². The Morgan fingerprint density at radius 2 is 1.88 bits per heavy atom. The number of hydrogen-bond donors (Lipinski definition) is 1. The zero-order valence-electron chi connectivity index (χ0n) is 14.1. The van der Waals surface area contributed by atoms with Crippen molar-refractivity contribution in [3.05, 3.63) is 65.5 Å². The van der Waals surface area contributed by atoms with Gasteiger partial charge in [0.15, 0.2) is 0 Å². The smallest absolute Gasteiger partial charge is 0.246 e. The molecule has 0 aliphatic heterocycles. The number of aliphatic hydroxyl groups excluding tert-OH is 1. The fraction of sp³-hybridized carbons (Fsp3) is 0.368. The van der Waals surface area contributed by atoms with Crippen LogP contribution in [0.2, 0.25) is 0 Å². The highest BCUT2D eigenvalue weighted by atomic mass is 32.2. The molecule has 134 valence electrons. The quantitative estimate of drug-likeness (QED) is 0.822. The molecule has 2 aromatic carbocycles. The third-order valence-electron chi connectivity index (χ3n) is 4.58. The zero-order valence-corrected chi connectivity index (χ0v) is 14.9. The van der Waals surface area contributed by atoms with Gasteiger partial charge in [-0.3, -0.25) is 0 Å². The van der Waals surface area contributed by atoms with Crippen LogP contribution < -0.4 is 0 Å². The van der Waals surface area contributed by atoms with Gasteiger partial charge in [0.05, 0.1) is 12.6 Å². The van der Waals surface area contributed by atoms with Crippen LogP contribution in [-0.2, 0) is 16.6 Å². The van der Waals surface area contributed by atoms with Crippen molar-refractivity contribution in [1.82, 2.24) is 4.31 Å². The number of rotatable bonds is 7. The number of aryl methyl sites for hydroxylation is 1. The molecule has 1 atom stereocenters. The van der Waals surface area contributed by atoms with Crippen LogP contribution in [-0.4, -0.2) is 30.5 Å². The third-order valence-corrected chi connectivity index (χ3v) is 6.46. The summed E-state index contributed by atoms with van der Waals surface area (Å²) in [6.45, 7) is 1.56. The van der Waals surface area contributed by atoms with E-state index in [0.717, 1.165) is 18.4 Å². The Bertz CT molecular complexity index is 835. The molecule has 0 unspecified atom stereocenters. The second-order valence-corrected chi connectivity index (χ2v) is 8.42. The average Bonchev–Trinajstić information content (AvgIpc) is 3.42. The molecule has 6 heteroatoms. The van der Waals surface area contributed by atoms with E-state index >= 15 is 0 Å². The lowest BCUT2D eigenvalue weighted by atomic mass is 10.1. The maximum absolute atomic E-state index is 14.3. The van der Waals surface area contributed by atoms with E-state index in [1.165, 1.54) is 16.4 Å². The summed E-state index contributed by atoms with van der Waals surface area (Å²) < 4.78 is 42.0. The van der Waals surface area contributed by atoms with E-state index in [-0.39, 0.29) is 24.0 Å². The Labute approximate surface area is 148 Å². The number of hydrogen-bond acceptors (Lipinski definition) is 3. The van der Waals surface area contributed by atoms with Gasteiger partial charge in [-0.15, -0.1) is 0 Å². The van der Waals surface area contributed by atoms with Crippen molar-refractivity contribution < 1.29 is 17.9 Å². The number of halogens is 1. The summed E-state index contributed by atoms with van der Waals surface area (Å²) in [6.07, 6.45) is 1.75. The van der Waals surface area contributed by atoms with Gasteiger partial charge in [-0.25, -0.2) is 12.8 Å². The van der Waals surface area contributed by atoms with Crippen LogP contribution in [0.5, 0.6) is 0 Å². The summed E-state index contributed by atoms with van der Waals surface area (Å²) in [4.78, 5) is -0.331. The Balaban J connectivity index is 2.04. The van der Waals surface area contributed by atoms with Gasteiger partial charge in [-0.1, -0.05) is 36.4 Å². The number of nitrogens with zero attached hydrogens (tertiary/aromatic N) is 1. The average molecular weight is 363 g/mol. The largest absolute Gasteiger partial charge is 0.395 e. The molecule has 1 N–H and O–H groups in total. The number of benzene rings is 2. The molecule has 0 spiro atoms. The van der Waals surface area contributed by atoms with Crippen LogP contribution in [0.25, 0.3) is 0 Å². The van der Waals surface area contributed by atoms with Crippen molar-refractivity contribution in [1.29, 1.82) is 0 Å². The molecule has 1 aliphatic rings. The monoisotopic (exact) mass is 363 g/mol. The predicted molar refractivity (Wildman–Crippen MR) is 93.9 cm³/mol. The van der Waals surface area contributed by atoms with Crippen LogP contribution in [0.3, 0.4) is 0 Å². The summed E-state index contributed by atoms with van der Waals surface area (Å²) in [5.41, 5.74) is 1.48. The molecule has 2 aromatic rings. The number of aliphatic hydroxyl groups is 1. The number of sulfonamides is 1. The first-order valence-corrected chi connectivity index (χ1v) is 9.80. The molecule has 1 saturated carbocycles. The molecule has 0 bridgehead atoms. The summed E-state index contributed by atoms with van der Waals surface area (Å²) in [5, 5.41) is 9.82. The maximum Gasteiger partial charge on any atom is 0.246 e. The van der Waals surface area contributed by atoms with Crippen LogP contribution in [0, 0.1) is 18.7 Å². The van der Waals surface area contributed by atoms with Crippen molar-refractivity contribution in [3.8, 4) is 0 Å². The van der Waals surface area contributed by atoms with Gasteiger partial charge in [-0.2, -0.15) is 4.31 Å². The van der Waals surface area contributed by atoms with Gasteiger partial charge in [0.1, 0.15) is 10.7 Å². The van der Waals surface area contributed by atoms with E-state index in [4.69, 9.17) is 0 Å². The highest BCUT2D eigenvalue weighted by Crippen LogP contribution is 2.38. The van der Waals surface area contributed by atoms with Gasteiger partial charge in [0.25, 0.3) is 0 Å². The van der Waals surface area contributed by atoms with E-state index in [0.29, 0.717) is 5.56 Å². The molecule has 1 fully saturated rings. The molecule has 0 amide bonds. The molecule has 3 rings (SSSR count). The summed E-state index contributed by atoms with van der Waals surface area (Å²) >= 11 is 0. The lowest BCUT2D eigenvalue weighted by molar-refractivity contribution is 0.166. The van der Waals surface area contributed by atoms with Crippen molar-refractivity contribution in [2.24, 2.45) is 5.92 Å². The molecule has 0 aromatic heterocycles. The Hall–Kier alpha value is -1.76. The third kappa shape index (κ3) is 3.92. The molecule has 0 heterocycles. The predicted octanol–water partition coefficient (Wildman–Crippen LogP) is 3.10. The van der Waals surface area contributed by atoms with E-state index in [2.05, 4.69) is 0 Å². The van der Waals surface area contributed by atoms with Crippen molar-refractivity contribution in [2.75, 3.05) is 6.61 Å². The lowest BCUT2D eigenvalue weighted by Gasteiger charge is -2.30. The first-order valence-electron chi connectivity index (χ1n) is 8.36. The van der Waals surface area contributed by atoms with Crippen LogP contribution in [0.4, 0.5) is 4.39 Å². The van der Waals surface area contributed by atoms with Crippen LogP contribution >= 0.6 is 0 Å². The highest BCUT2D eigenvalue weighted by molar-refractivity contribution is 7.89. The van der Waals surface area contributed by atoms with Crippen molar-refractivity contribution >= 4 is 10.0 Å². The summed E-state index contributed by atoms with van der Waals surface area (Å²) in [5.74, 6) is -0.646. The minimum absolute atomic E-state index is 0.109. The minimum atomic E-state index is -4.07. The topological polar surface area (TPSA) is 57.6 Å². The summed E-state index contributed by atoms with van der Waals surface area (Å²) in [6, 6.07) is 12.7. The fourth-order valence-corrected chi connectivity index (χ4v) is 4.85. The highest BCUT2D eigenvalue weighted by Gasteiger charge is 2.41.